The predicted octanol–water partition coefficient (Wildman–Crippen LogP) is 2.75. The average Bonchev–Trinajstić information content (AvgIpc) is 2.92. The van der Waals surface area contributed by atoms with Crippen LogP contribution in [0.4, 0.5) is 0 Å². The molecule has 1 aromatic rings. The van der Waals surface area contributed by atoms with Crippen molar-refractivity contribution in [1.29, 1.82) is 0 Å². The zero-order valence-electron chi connectivity index (χ0n) is 12.5. The highest BCUT2D eigenvalue weighted by atomic mass is 35.5. The third kappa shape index (κ3) is 4.13. The van der Waals surface area contributed by atoms with Crippen LogP contribution in [0.2, 0.25) is 5.02 Å². The normalized spacial score (nSPS) is 17.5. The van der Waals surface area contributed by atoms with Gasteiger partial charge in [0.15, 0.2) is 0 Å². The first-order valence-corrected chi connectivity index (χ1v) is 7.72. The van der Waals surface area contributed by atoms with Gasteiger partial charge in [0.25, 0.3) is 0 Å². The van der Waals surface area contributed by atoms with E-state index in [-0.39, 0.29) is 18.4 Å². The zero-order valence-corrected chi connectivity index (χ0v) is 13.3. The molecule has 1 saturated heterocycles. The smallest absolute Gasteiger partial charge is 0.305 e. The van der Waals surface area contributed by atoms with Crippen molar-refractivity contribution >= 4 is 23.5 Å². The number of methoxy groups -OCH3 is 1. The molecule has 1 N–H and O–H groups in total. The number of carboxylic acid groups (broad SMARTS) is 1. The van der Waals surface area contributed by atoms with E-state index >= 15 is 0 Å². The highest BCUT2D eigenvalue weighted by molar-refractivity contribution is 6.32. The van der Waals surface area contributed by atoms with Crippen LogP contribution in [-0.2, 0) is 16.0 Å². The summed E-state index contributed by atoms with van der Waals surface area (Å²) in [6, 6.07) is 5.30. The Morgan fingerprint density at radius 2 is 2.23 bits per heavy atom. The van der Waals surface area contributed by atoms with Crippen LogP contribution in [0.15, 0.2) is 18.2 Å². The number of ether oxygens (including phenoxy) is 1. The highest BCUT2D eigenvalue weighted by Crippen LogP contribution is 2.26. The Morgan fingerprint density at radius 1 is 1.45 bits per heavy atom. The minimum absolute atomic E-state index is 0.00990. The first-order valence-electron chi connectivity index (χ1n) is 7.35. The maximum atomic E-state index is 12.3. The summed E-state index contributed by atoms with van der Waals surface area (Å²) in [6.07, 6.45) is 2.61. The molecule has 0 aliphatic carbocycles. The third-order valence-electron chi connectivity index (χ3n) is 3.95. The Labute approximate surface area is 134 Å². The number of benzene rings is 1. The number of halogens is 1. The van der Waals surface area contributed by atoms with Gasteiger partial charge < -0.3 is 14.7 Å². The zero-order chi connectivity index (χ0) is 16.1. The summed E-state index contributed by atoms with van der Waals surface area (Å²) in [7, 11) is 1.56. The molecule has 1 aromatic carbocycles. The molecule has 1 amide bonds. The lowest BCUT2D eigenvalue weighted by molar-refractivity contribution is -0.139. The molecule has 22 heavy (non-hydrogen) atoms. The molecule has 0 spiro atoms. The van der Waals surface area contributed by atoms with E-state index < -0.39 is 5.97 Å². The van der Waals surface area contributed by atoms with Crippen LogP contribution in [-0.4, -0.2) is 41.6 Å². The summed E-state index contributed by atoms with van der Waals surface area (Å²) in [6.45, 7) is 0.653. The van der Waals surface area contributed by atoms with E-state index in [4.69, 9.17) is 21.4 Å². The summed E-state index contributed by atoms with van der Waals surface area (Å²) in [4.78, 5) is 24.8. The Balaban J connectivity index is 1.92. The number of aryl methyl sites for hydroxylation is 1. The predicted molar refractivity (Wildman–Crippen MR) is 83.3 cm³/mol. The maximum Gasteiger partial charge on any atom is 0.305 e. The van der Waals surface area contributed by atoms with E-state index in [1.165, 1.54) is 0 Å². The summed E-state index contributed by atoms with van der Waals surface area (Å²) in [5, 5.41) is 9.42. The molecule has 0 bridgehead atoms. The lowest BCUT2D eigenvalue weighted by Gasteiger charge is -2.23. The summed E-state index contributed by atoms with van der Waals surface area (Å²) < 4.78 is 5.10. The number of amides is 1. The van der Waals surface area contributed by atoms with Crippen molar-refractivity contribution in [3.63, 3.8) is 0 Å². The van der Waals surface area contributed by atoms with Crippen LogP contribution in [0.3, 0.4) is 0 Å². The number of carbonyl (C=O) groups is 2. The van der Waals surface area contributed by atoms with Crippen molar-refractivity contribution in [2.45, 2.75) is 38.1 Å². The van der Waals surface area contributed by atoms with Crippen molar-refractivity contribution < 1.29 is 19.4 Å². The Hall–Kier alpha value is -1.75. The van der Waals surface area contributed by atoms with Gasteiger partial charge in [-0.25, -0.2) is 0 Å². The van der Waals surface area contributed by atoms with Crippen molar-refractivity contribution in [2.24, 2.45) is 0 Å². The van der Waals surface area contributed by atoms with E-state index in [9.17, 15) is 9.59 Å². The monoisotopic (exact) mass is 325 g/mol. The molecule has 0 aromatic heterocycles. The molecule has 1 unspecified atom stereocenters. The van der Waals surface area contributed by atoms with Gasteiger partial charge in [-0.1, -0.05) is 17.7 Å². The number of hydrogen-bond acceptors (Lipinski definition) is 3. The largest absolute Gasteiger partial charge is 0.495 e. The second-order valence-corrected chi connectivity index (χ2v) is 5.86. The fraction of sp³-hybridized carbons (Fsp3) is 0.500. The Bertz CT molecular complexity index is 561. The highest BCUT2D eigenvalue weighted by Gasteiger charge is 2.29. The number of carbonyl (C=O) groups excluding carboxylic acids is 1. The van der Waals surface area contributed by atoms with E-state index in [1.54, 1.807) is 24.1 Å². The standard InChI is InChI=1S/C16H20ClNO4/c1-22-14-6-4-11(9-13(14)17)5-7-15(19)18-8-2-3-12(18)10-16(20)21/h4,6,9,12H,2-3,5,7-8,10H2,1H3,(H,20,21). The summed E-state index contributed by atoms with van der Waals surface area (Å²) in [5.74, 6) is -0.236. The lowest BCUT2D eigenvalue weighted by Crippen LogP contribution is -2.36. The van der Waals surface area contributed by atoms with Gasteiger partial charge in [-0.05, 0) is 37.0 Å². The molecule has 1 aliphatic rings. The fourth-order valence-corrected chi connectivity index (χ4v) is 3.12. The number of carboxylic acids is 1. The molecule has 1 heterocycles. The molecule has 6 heteroatoms. The van der Waals surface area contributed by atoms with E-state index in [0.717, 1.165) is 18.4 Å². The molecule has 1 atom stereocenters. The van der Waals surface area contributed by atoms with Gasteiger partial charge in [0.1, 0.15) is 5.75 Å². The topological polar surface area (TPSA) is 66.8 Å². The van der Waals surface area contributed by atoms with E-state index in [2.05, 4.69) is 0 Å². The fourth-order valence-electron chi connectivity index (χ4n) is 2.84. The van der Waals surface area contributed by atoms with Crippen LogP contribution in [0, 0.1) is 0 Å². The minimum Gasteiger partial charge on any atom is -0.495 e. The second-order valence-electron chi connectivity index (χ2n) is 5.45. The van der Waals surface area contributed by atoms with Crippen LogP contribution in [0.25, 0.3) is 0 Å². The molecule has 5 nitrogen and oxygen atoms in total. The maximum absolute atomic E-state index is 12.3. The van der Waals surface area contributed by atoms with Gasteiger partial charge in [-0.2, -0.15) is 0 Å². The molecule has 120 valence electrons. The van der Waals surface area contributed by atoms with Crippen LogP contribution < -0.4 is 4.74 Å². The van der Waals surface area contributed by atoms with Crippen molar-refractivity contribution in [3.05, 3.63) is 28.8 Å². The summed E-state index contributed by atoms with van der Waals surface area (Å²) in [5.41, 5.74) is 0.966. The van der Waals surface area contributed by atoms with Gasteiger partial charge in [0, 0.05) is 19.0 Å². The van der Waals surface area contributed by atoms with E-state index in [1.807, 2.05) is 6.07 Å². The number of likely N-dealkylation sites (tertiary alicyclic amines) is 1. The molecule has 0 radical (unpaired) electrons. The average molecular weight is 326 g/mol. The second kappa shape index (κ2) is 7.49. The molecular weight excluding hydrogens is 306 g/mol. The number of nitrogens with zero attached hydrogens (tertiary/aromatic N) is 1. The molecule has 1 fully saturated rings. The molecule has 2 rings (SSSR count). The minimum atomic E-state index is -0.855. The molecular formula is C16H20ClNO4. The van der Waals surface area contributed by atoms with Gasteiger partial charge in [0.2, 0.25) is 5.91 Å². The molecule has 1 aliphatic heterocycles. The van der Waals surface area contributed by atoms with Crippen LogP contribution >= 0.6 is 11.6 Å². The number of aliphatic carboxylic acids is 1. The Kier molecular flexibility index (Phi) is 5.66. The Morgan fingerprint density at radius 3 is 2.86 bits per heavy atom. The van der Waals surface area contributed by atoms with Crippen LogP contribution in [0.5, 0.6) is 5.75 Å². The first-order chi connectivity index (χ1) is 10.5. The SMILES string of the molecule is COc1ccc(CCC(=O)N2CCCC2CC(=O)O)cc1Cl. The van der Waals surface area contributed by atoms with Crippen LogP contribution in [0.1, 0.15) is 31.2 Å². The first kappa shape index (κ1) is 16.6. The number of hydrogen-bond donors (Lipinski definition) is 1. The van der Waals surface area contributed by atoms with Gasteiger partial charge in [-0.15, -0.1) is 0 Å². The van der Waals surface area contributed by atoms with Gasteiger partial charge in [-0.3, -0.25) is 9.59 Å². The van der Waals surface area contributed by atoms with E-state index in [0.29, 0.717) is 30.2 Å². The van der Waals surface area contributed by atoms with Crippen molar-refractivity contribution in [3.8, 4) is 5.75 Å². The van der Waals surface area contributed by atoms with Crippen molar-refractivity contribution in [2.75, 3.05) is 13.7 Å². The van der Waals surface area contributed by atoms with Gasteiger partial charge >= 0.3 is 5.97 Å². The summed E-state index contributed by atoms with van der Waals surface area (Å²) >= 11 is 6.07. The van der Waals surface area contributed by atoms with Crippen molar-refractivity contribution in [1.82, 2.24) is 4.90 Å². The number of rotatable bonds is 6. The third-order valence-corrected chi connectivity index (χ3v) is 4.25. The molecule has 0 saturated carbocycles. The lowest BCUT2D eigenvalue weighted by atomic mass is 10.1. The quantitative estimate of drug-likeness (QED) is 0.873. The van der Waals surface area contributed by atoms with Gasteiger partial charge in [0.05, 0.1) is 18.6 Å².